The summed E-state index contributed by atoms with van der Waals surface area (Å²) in [7, 11) is 3.51. The first-order valence-electron chi connectivity index (χ1n) is 11.9. The number of carbonyl (C=O) groups excluding carboxylic acids is 1. The number of nitrogens with zero attached hydrogens (tertiary/aromatic N) is 8. The Balaban J connectivity index is 1.44. The van der Waals surface area contributed by atoms with Crippen molar-refractivity contribution < 1.29 is 18.0 Å². The summed E-state index contributed by atoms with van der Waals surface area (Å²) >= 11 is 0. The number of aromatic nitrogens is 7. The SMILES string of the molecule is Cc1nn(C)cc1N(Cc1cn2cc(C(F)(F)F)ccc2n1)C(=O)c1ccc2nc(N)c3c(cnn3C)c2c1. The Labute approximate surface area is 219 Å². The van der Waals surface area contributed by atoms with Gasteiger partial charge in [-0.2, -0.15) is 23.4 Å². The third kappa shape index (κ3) is 4.11. The zero-order valence-electron chi connectivity index (χ0n) is 21.1. The largest absolute Gasteiger partial charge is 0.417 e. The predicted molar refractivity (Wildman–Crippen MR) is 139 cm³/mol. The molecule has 0 aliphatic rings. The van der Waals surface area contributed by atoms with Gasteiger partial charge in [-0.05, 0) is 37.3 Å². The molecule has 5 heterocycles. The number of benzene rings is 1. The van der Waals surface area contributed by atoms with Crippen LogP contribution in [-0.2, 0) is 26.8 Å². The molecule has 1 aromatic carbocycles. The van der Waals surface area contributed by atoms with Crippen molar-refractivity contribution in [3.8, 4) is 0 Å². The van der Waals surface area contributed by atoms with Gasteiger partial charge >= 0.3 is 6.18 Å². The van der Waals surface area contributed by atoms with Crippen molar-refractivity contribution in [1.82, 2.24) is 33.9 Å². The molecule has 13 heteroatoms. The van der Waals surface area contributed by atoms with E-state index in [4.69, 9.17) is 5.73 Å². The van der Waals surface area contributed by atoms with Gasteiger partial charge in [-0.25, -0.2) is 9.97 Å². The van der Waals surface area contributed by atoms with Gasteiger partial charge in [0.2, 0.25) is 0 Å². The third-order valence-electron chi connectivity index (χ3n) is 6.63. The smallest absolute Gasteiger partial charge is 0.382 e. The van der Waals surface area contributed by atoms with Gasteiger partial charge in [0, 0.05) is 49.0 Å². The number of carbonyl (C=O) groups is 1. The maximum Gasteiger partial charge on any atom is 0.417 e. The first-order chi connectivity index (χ1) is 18.5. The molecule has 0 unspecified atom stereocenters. The van der Waals surface area contributed by atoms with Crippen LogP contribution in [0.4, 0.5) is 24.7 Å². The van der Waals surface area contributed by atoms with E-state index in [0.717, 1.165) is 17.6 Å². The Bertz CT molecular complexity index is 1920. The monoisotopic (exact) mass is 533 g/mol. The van der Waals surface area contributed by atoms with Crippen LogP contribution in [0.1, 0.15) is 27.3 Å². The van der Waals surface area contributed by atoms with E-state index in [1.807, 2.05) is 0 Å². The minimum atomic E-state index is -4.48. The Morgan fingerprint density at radius 3 is 2.56 bits per heavy atom. The highest BCUT2D eigenvalue weighted by atomic mass is 19.4. The van der Waals surface area contributed by atoms with Crippen molar-refractivity contribution in [2.24, 2.45) is 14.1 Å². The van der Waals surface area contributed by atoms with Crippen LogP contribution in [0.3, 0.4) is 0 Å². The van der Waals surface area contributed by atoms with E-state index in [1.54, 1.807) is 61.0 Å². The van der Waals surface area contributed by atoms with Crippen LogP contribution in [0.15, 0.2) is 55.1 Å². The van der Waals surface area contributed by atoms with E-state index < -0.39 is 11.7 Å². The van der Waals surface area contributed by atoms with Crippen molar-refractivity contribution in [3.63, 3.8) is 0 Å². The van der Waals surface area contributed by atoms with E-state index in [0.29, 0.717) is 50.5 Å². The maximum absolute atomic E-state index is 14.0. The van der Waals surface area contributed by atoms with E-state index >= 15 is 0 Å². The molecule has 1 amide bonds. The second kappa shape index (κ2) is 8.55. The number of rotatable bonds is 4. The highest BCUT2D eigenvalue weighted by Gasteiger charge is 2.31. The molecule has 5 aromatic heterocycles. The number of imidazole rings is 1. The molecular formula is C26H22F3N9O. The topological polar surface area (TPSA) is 112 Å². The van der Waals surface area contributed by atoms with Gasteiger partial charge in [-0.1, -0.05) is 0 Å². The molecule has 0 aliphatic heterocycles. The lowest BCUT2D eigenvalue weighted by molar-refractivity contribution is -0.137. The standard InChI is InChI=1S/C26H22F3N9O/c1-14-21(13-35(2)34-14)38(12-17-11-37-10-16(26(27,28)29)5-7-22(37)32-17)25(39)15-4-6-20-18(8-15)19-9-31-36(3)23(19)24(30)33-20/h4-11,13H,12H2,1-3H3,(H2,30,33). The molecule has 0 bridgehead atoms. The molecule has 0 saturated carbocycles. The number of nitrogens with two attached hydrogens (primary N) is 1. The van der Waals surface area contributed by atoms with Gasteiger partial charge in [0.1, 0.15) is 17.0 Å². The Kier molecular flexibility index (Phi) is 5.35. The van der Waals surface area contributed by atoms with Gasteiger partial charge < -0.3 is 10.1 Å². The fraction of sp³-hybridized carbons (Fsp3) is 0.192. The molecule has 10 nitrogen and oxygen atoms in total. The van der Waals surface area contributed by atoms with Gasteiger partial charge in [0.15, 0.2) is 0 Å². The Hall–Kier alpha value is -4.94. The number of amides is 1. The lowest BCUT2D eigenvalue weighted by atomic mass is 10.1. The fourth-order valence-corrected chi connectivity index (χ4v) is 4.83. The van der Waals surface area contributed by atoms with Gasteiger partial charge in [-0.3, -0.25) is 19.1 Å². The second-order valence-corrected chi connectivity index (χ2v) is 9.34. The van der Waals surface area contributed by atoms with Gasteiger partial charge in [0.25, 0.3) is 5.91 Å². The summed E-state index contributed by atoms with van der Waals surface area (Å²) in [6.45, 7) is 1.79. The summed E-state index contributed by atoms with van der Waals surface area (Å²) in [6.07, 6.45) is 1.38. The van der Waals surface area contributed by atoms with Gasteiger partial charge in [-0.15, -0.1) is 0 Å². The number of alkyl halides is 3. The molecule has 0 spiro atoms. The van der Waals surface area contributed by atoms with Gasteiger partial charge in [0.05, 0.1) is 40.9 Å². The maximum atomic E-state index is 14.0. The molecule has 6 rings (SSSR count). The lowest BCUT2D eigenvalue weighted by Gasteiger charge is -2.21. The van der Waals surface area contributed by atoms with Crippen LogP contribution in [0.5, 0.6) is 0 Å². The average molecular weight is 534 g/mol. The number of nitrogen functional groups attached to an aromatic ring is 1. The first-order valence-corrected chi connectivity index (χ1v) is 11.9. The highest BCUT2D eigenvalue weighted by Crippen LogP contribution is 2.31. The summed E-state index contributed by atoms with van der Waals surface area (Å²) in [4.78, 5) is 24.4. The Morgan fingerprint density at radius 1 is 1.05 bits per heavy atom. The minimum absolute atomic E-state index is 0.00866. The first kappa shape index (κ1) is 24.4. The molecule has 0 radical (unpaired) electrons. The predicted octanol–water partition coefficient (Wildman–Crippen LogP) is 4.26. The minimum Gasteiger partial charge on any atom is -0.382 e. The zero-order valence-corrected chi connectivity index (χ0v) is 21.1. The summed E-state index contributed by atoms with van der Waals surface area (Å²) in [6, 6.07) is 7.41. The van der Waals surface area contributed by atoms with Crippen LogP contribution >= 0.6 is 0 Å². The van der Waals surface area contributed by atoms with E-state index in [9.17, 15) is 18.0 Å². The normalized spacial score (nSPS) is 12.2. The van der Waals surface area contributed by atoms with Crippen LogP contribution in [-0.4, -0.2) is 39.8 Å². The summed E-state index contributed by atoms with van der Waals surface area (Å²) in [5.41, 5.74) is 8.92. The quantitative estimate of drug-likeness (QED) is 0.363. The summed E-state index contributed by atoms with van der Waals surface area (Å²) in [5, 5.41) is 10.1. The molecule has 39 heavy (non-hydrogen) atoms. The average Bonchev–Trinajstić information content (AvgIpc) is 3.57. The molecule has 2 N–H and O–H groups in total. The molecule has 0 fully saturated rings. The number of halogens is 3. The molecule has 198 valence electrons. The van der Waals surface area contributed by atoms with Crippen molar-refractivity contribution >= 4 is 44.9 Å². The number of hydrogen-bond acceptors (Lipinski definition) is 6. The van der Waals surface area contributed by atoms with Crippen LogP contribution < -0.4 is 10.6 Å². The van der Waals surface area contributed by atoms with Crippen molar-refractivity contribution in [2.75, 3.05) is 10.6 Å². The summed E-state index contributed by atoms with van der Waals surface area (Å²) < 4.78 is 44.2. The zero-order chi connectivity index (χ0) is 27.6. The molecular weight excluding hydrogens is 511 g/mol. The summed E-state index contributed by atoms with van der Waals surface area (Å²) in [5.74, 6) is -0.000353. The number of fused-ring (bicyclic) bond motifs is 4. The van der Waals surface area contributed by atoms with Crippen LogP contribution in [0.2, 0.25) is 0 Å². The number of hydrogen-bond donors (Lipinski definition) is 1. The van der Waals surface area contributed by atoms with Crippen molar-refractivity contribution in [3.05, 3.63) is 77.6 Å². The van der Waals surface area contributed by atoms with E-state index in [-0.39, 0.29) is 12.5 Å². The molecule has 0 aliphatic carbocycles. The molecule has 0 saturated heterocycles. The van der Waals surface area contributed by atoms with Crippen molar-refractivity contribution in [1.29, 1.82) is 0 Å². The number of anilines is 2. The number of pyridine rings is 2. The lowest BCUT2D eigenvalue weighted by Crippen LogP contribution is -2.31. The molecule has 6 aromatic rings. The van der Waals surface area contributed by atoms with Crippen molar-refractivity contribution in [2.45, 2.75) is 19.6 Å². The fourth-order valence-electron chi connectivity index (χ4n) is 4.83. The Morgan fingerprint density at radius 2 is 1.85 bits per heavy atom. The molecule has 0 atom stereocenters. The number of aryl methyl sites for hydroxylation is 3. The van der Waals surface area contributed by atoms with Crippen LogP contribution in [0, 0.1) is 6.92 Å². The van der Waals surface area contributed by atoms with E-state index in [1.165, 1.54) is 21.6 Å². The third-order valence-corrected chi connectivity index (χ3v) is 6.63. The van der Waals surface area contributed by atoms with E-state index in [2.05, 4.69) is 20.2 Å². The highest BCUT2D eigenvalue weighted by molar-refractivity contribution is 6.13. The van der Waals surface area contributed by atoms with Crippen LogP contribution in [0.25, 0.3) is 27.5 Å². The second-order valence-electron chi connectivity index (χ2n) is 9.34.